The topological polar surface area (TPSA) is 29.5 Å². The Bertz CT molecular complexity index is 582. The van der Waals surface area contributed by atoms with Gasteiger partial charge in [0.15, 0.2) is 0 Å². The molecule has 0 aliphatic heterocycles. The number of ether oxygens (including phenoxy) is 1. The van der Waals surface area contributed by atoms with Gasteiger partial charge in [0.25, 0.3) is 0 Å². The maximum absolute atomic E-state index is 10.4. The third kappa shape index (κ3) is 3.54. The van der Waals surface area contributed by atoms with Crippen LogP contribution >= 0.6 is 27.5 Å². The van der Waals surface area contributed by atoms with Gasteiger partial charge in [0, 0.05) is 10.0 Å². The van der Waals surface area contributed by atoms with Crippen molar-refractivity contribution in [1.82, 2.24) is 0 Å². The third-order valence-corrected chi connectivity index (χ3v) is 4.15. The van der Waals surface area contributed by atoms with E-state index in [-0.39, 0.29) is 6.10 Å². The fourth-order valence-electron chi connectivity index (χ4n) is 1.91. The van der Waals surface area contributed by atoms with Gasteiger partial charge in [0.2, 0.25) is 0 Å². The van der Waals surface area contributed by atoms with Crippen LogP contribution in [-0.2, 0) is 0 Å². The van der Waals surface area contributed by atoms with Gasteiger partial charge in [-0.1, -0.05) is 35.9 Å². The minimum atomic E-state index is -0.756. The second-order valence-corrected chi connectivity index (χ2v) is 6.01. The summed E-state index contributed by atoms with van der Waals surface area (Å²) >= 11 is 9.57. The lowest BCUT2D eigenvalue weighted by Gasteiger charge is -2.15. The Morgan fingerprint density at radius 3 is 2.35 bits per heavy atom. The van der Waals surface area contributed by atoms with Crippen molar-refractivity contribution in [2.24, 2.45) is 0 Å². The van der Waals surface area contributed by atoms with Crippen LogP contribution in [0.1, 0.15) is 31.1 Å². The molecule has 2 aromatic carbocycles. The predicted octanol–water partition coefficient (Wildman–Crippen LogP) is 4.97. The largest absolute Gasteiger partial charge is 0.491 e. The van der Waals surface area contributed by atoms with Gasteiger partial charge < -0.3 is 9.84 Å². The molecule has 0 saturated heterocycles. The first kappa shape index (κ1) is 15.4. The maximum Gasteiger partial charge on any atom is 0.119 e. The molecule has 0 fully saturated rings. The minimum Gasteiger partial charge on any atom is -0.491 e. The summed E-state index contributed by atoms with van der Waals surface area (Å²) in [5.41, 5.74) is 1.46. The molecule has 0 amide bonds. The van der Waals surface area contributed by atoms with Crippen molar-refractivity contribution in [2.75, 3.05) is 0 Å². The van der Waals surface area contributed by atoms with Gasteiger partial charge in [-0.2, -0.15) is 0 Å². The van der Waals surface area contributed by atoms with Gasteiger partial charge in [-0.05, 0) is 53.5 Å². The highest BCUT2D eigenvalue weighted by atomic mass is 79.9. The molecule has 0 aliphatic rings. The number of benzene rings is 2. The molecule has 0 saturated carbocycles. The van der Waals surface area contributed by atoms with Crippen LogP contribution in [0.2, 0.25) is 5.02 Å². The standard InChI is InChI=1S/C16H16BrClO2/c1-10(2)20-12-8-6-11(7-9-12)16(19)13-4-3-5-14(17)15(13)18/h3-10,16,19H,1-2H3. The van der Waals surface area contributed by atoms with Gasteiger partial charge >= 0.3 is 0 Å². The highest BCUT2D eigenvalue weighted by Crippen LogP contribution is 2.33. The van der Waals surface area contributed by atoms with Crippen LogP contribution in [-0.4, -0.2) is 11.2 Å². The molecule has 1 unspecified atom stereocenters. The molecule has 0 heterocycles. The fourth-order valence-corrected chi connectivity index (χ4v) is 2.52. The van der Waals surface area contributed by atoms with E-state index in [1.54, 1.807) is 0 Å². The molecule has 106 valence electrons. The van der Waals surface area contributed by atoms with Gasteiger partial charge in [0.1, 0.15) is 11.9 Å². The van der Waals surface area contributed by atoms with E-state index in [0.717, 1.165) is 15.8 Å². The van der Waals surface area contributed by atoms with Crippen molar-refractivity contribution in [3.8, 4) is 5.75 Å². The van der Waals surface area contributed by atoms with E-state index in [2.05, 4.69) is 15.9 Å². The molecule has 1 atom stereocenters. The lowest BCUT2D eigenvalue weighted by Crippen LogP contribution is -2.06. The molecular formula is C16H16BrClO2. The van der Waals surface area contributed by atoms with Crippen LogP contribution in [0.5, 0.6) is 5.75 Å². The molecular weight excluding hydrogens is 340 g/mol. The Hall–Kier alpha value is -1.03. The quantitative estimate of drug-likeness (QED) is 0.839. The van der Waals surface area contributed by atoms with E-state index in [1.165, 1.54) is 0 Å². The van der Waals surface area contributed by atoms with Crippen LogP contribution < -0.4 is 4.74 Å². The SMILES string of the molecule is CC(C)Oc1ccc(C(O)c2cccc(Br)c2Cl)cc1. The zero-order valence-corrected chi connectivity index (χ0v) is 13.6. The van der Waals surface area contributed by atoms with Crippen LogP contribution in [0.15, 0.2) is 46.9 Å². The summed E-state index contributed by atoms with van der Waals surface area (Å²) in [7, 11) is 0. The summed E-state index contributed by atoms with van der Waals surface area (Å²) in [5, 5.41) is 11.0. The Labute approximate surface area is 132 Å². The van der Waals surface area contributed by atoms with Crippen LogP contribution in [0.4, 0.5) is 0 Å². The number of hydrogen-bond donors (Lipinski definition) is 1. The maximum atomic E-state index is 10.4. The Kier molecular flexibility index (Phi) is 5.08. The van der Waals surface area contributed by atoms with Crippen LogP contribution in [0.25, 0.3) is 0 Å². The number of aliphatic hydroxyl groups excluding tert-OH is 1. The predicted molar refractivity (Wildman–Crippen MR) is 85.4 cm³/mol. The summed E-state index contributed by atoms with van der Waals surface area (Å²) in [6.07, 6.45) is -0.626. The summed E-state index contributed by atoms with van der Waals surface area (Å²) in [6.45, 7) is 3.95. The van der Waals surface area contributed by atoms with Crippen molar-refractivity contribution in [1.29, 1.82) is 0 Å². The monoisotopic (exact) mass is 354 g/mol. The summed E-state index contributed by atoms with van der Waals surface area (Å²) in [4.78, 5) is 0. The Morgan fingerprint density at radius 2 is 1.75 bits per heavy atom. The smallest absolute Gasteiger partial charge is 0.119 e. The van der Waals surface area contributed by atoms with Gasteiger partial charge in [-0.3, -0.25) is 0 Å². The summed E-state index contributed by atoms with van der Waals surface area (Å²) < 4.78 is 6.36. The second kappa shape index (κ2) is 6.61. The molecule has 20 heavy (non-hydrogen) atoms. The first-order valence-corrected chi connectivity index (χ1v) is 7.54. The van der Waals surface area contributed by atoms with Crippen LogP contribution in [0, 0.1) is 0 Å². The average Bonchev–Trinajstić information content (AvgIpc) is 2.41. The lowest BCUT2D eigenvalue weighted by molar-refractivity contribution is 0.219. The first-order chi connectivity index (χ1) is 9.49. The summed E-state index contributed by atoms with van der Waals surface area (Å²) in [6, 6.07) is 12.9. The molecule has 2 nitrogen and oxygen atoms in total. The van der Waals surface area contributed by atoms with E-state index in [4.69, 9.17) is 16.3 Å². The van der Waals surface area contributed by atoms with Crippen molar-refractivity contribution in [3.63, 3.8) is 0 Å². The zero-order chi connectivity index (χ0) is 14.7. The van der Waals surface area contributed by atoms with E-state index >= 15 is 0 Å². The fraction of sp³-hybridized carbons (Fsp3) is 0.250. The van der Waals surface area contributed by atoms with Gasteiger partial charge in [-0.25, -0.2) is 0 Å². The zero-order valence-electron chi connectivity index (χ0n) is 11.3. The molecule has 2 rings (SSSR count). The van der Waals surface area contributed by atoms with Crippen molar-refractivity contribution < 1.29 is 9.84 Å². The Morgan fingerprint density at radius 1 is 1.10 bits per heavy atom. The lowest BCUT2D eigenvalue weighted by atomic mass is 10.0. The third-order valence-electron chi connectivity index (χ3n) is 2.84. The molecule has 2 aromatic rings. The van der Waals surface area contributed by atoms with Crippen molar-refractivity contribution >= 4 is 27.5 Å². The number of aliphatic hydroxyl groups is 1. The minimum absolute atomic E-state index is 0.130. The van der Waals surface area contributed by atoms with E-state index in [1.807, 2.05) is 56.3 Å². The highest BCUT2D eigenvalue weighted by Gasteiger charge is 2.15. The summed E-state index contributed by atoms with van der Waals surface area (Å²) in [5.74, 6) is 0.788. The van der Waals surface area contributed by atoms with Crippen LogP contribution in [0.3, 0.4) is 0 Å². The Balaban J connectivity index is 2.25. The number of halogens is 2. The molecule has 1 N–H and O–H groups in total. The second-order valence-electron chi connectivity index (χ2n) is 4.78. The molecule has 0 aliphatic carbocycles. The molecule has 0 radical (unpaired) electrons. The molecule has 0 bridgehead atoms. The van der Waals surface area contributed by atoms with Gasteiger partial charge in [0.05, 0.1) is 11.1 Å². The highest BCUT2D eigenvalue weighted by molar-refractivity contribution is 9.10. The average molecular weight is 356 g/mol. The van der Waals surface area contributed by atoms with E-state index in [0.29, 0.717) is 10.6 Å². The molecule has 0 aromatic heterocycles. The van der Waals surface area contributed by atoms with Crippen molar-refractivity contribution in [2.45, 2.75) is 26.1 Å². The number of hydrogen-bond acceptors (Lipinski definition) is 2. The van der Waals surface area contributed by atoms with Crippen molar-refractivity contribution in [3.05, 3.63) is 63.1 Å². The molecule has 4 heteroatoms. The number of rotatable bonds is 4. The van der Waals surface area contributed by atoms with Gasteiger partial charge in [-0.15, -0.1) is 0 Å². The van der Waals surface area contributed by atoms with E-state index < -0.39 is 6.10 Å². The first-order valence-electron chi connectivity index (χ1n) is 6.37. The normalized spacial score (nSPS) is 12.5. The van der Waals surface area contributed by atoms with E-state index in [9.17, 15) is 5.11 Å². The molecule has 0 spiro atoms.